The van der Waals surface area contributed by atoms with Crippen molar-refractivity contribution in [3.63, 3.8) is 0 Å². The smallest absolute Gasteiger partial charge is 0.407 e. The first-order valence-corrected chi connectivity index (χ1v) is 13.2. The second kappa shape index (κ2) is 13.1. The Hall–Kier alpha value is -4.19. The molecule has 3 amide bonds. The summed E-state index contributed by atoms with van der Waals surface area (Å²) in [5.74, 6) is -2.23. The number of nitrogens with zero attached hydrogens (tertiary/aromatic N) is 2. The fourth-order valence-corrected chi connectivity index (χ4v) is 4.39. The van der Waals surface area contributed by atoms with Crippen molar-refractivity contribution < 1.29 is 28.7 Å². The first-order valence-electron chi connectivity index (χ1n) is 12.3. The van der Waals surface area contributed by atoms with Gasteiger partial charge in [0.15, 0.2) is 5.13 Å². The molecule has 1 aliphatic rings. The summed E-state index contributed by atoms with van der Waals surface area (Å²) in [5, 5.41) is 9.78. The van der Waals surface area contributed by atoms with Gasteiger partial charge < -0.3 is 30.3 Å². The van der Waals surface area contributed by atoms with E-state index in [0.717, 1.165) is 5.56 Å². The molecule has 0 saturated carbocycles. The molecule has 11 nitrogen and oxygen atoms in total. The van der Waals surface area contributed by atoms with Crippen LogP contribution in [0.4, 0.5) is 9.93 Å². The van der Waals surface area contributed by atoms with Gasteiger partial charge in [-0.2, -0.15) is 0 Å². The van der Waals surface area contributed by atoms with Gasteiger partial charge >= 0.3 is 12.1 Å². The van der Waals surface area contributed by atoms with Gasteiger partial charge in [-0.25, -0.2) is 14.6 Å². The number of ether oxygens (including phenoxy) is 2. The molecular weight excluding hydrogens is 522 g/mol. The van der Waals surface area contributed by atoms with E-state index < -0.39 is 29.5 Å². The Balaban J connectivity index is 1.43. The van der Waals surface area contributed by atoms with E-state index in [9.17, 15) is 19.2 Å². The molecule has 1 aliphatic heterocycles. The molecule has 1 fully saturated rings. The van der Waals surface area contributed by atoms with Crippen LogP contribution in [0.1, 0.15) is 49.7 Å². The summed E-state index contributed by atoms with van der Waals surface area (Å²) in [4.78, 5) is 55.5. The molecule has 0 unspecified atom stereocenters. The molecule has 0 atom stereocenters. The Kier molecular flexibility index (Phi) is 9.83. The lowest BCUT2D eigenvalue weighted by molar-refractivity contribution is -0.141. The molecule has 12 heteroatoms. The van der Waals surface area contributed by atoms with Crippen molar-refractivity contribution in [2.24, 2.45) is 0 Å². The standard InChI is InChI=1S/C27H33N5O6S/c1-17(22(33)29-18(2)24(35)37-15-19-9-7-6-8-10-19)28-23(34)21-16-39-25(31-21)32-13-11-20(12-14-32)30-26(36)38-27(3,4)5/h6-10,16,20H,1-2,11-15H2,3-5H3,(H,28,34)(H,29,33)(H,30,36). The molecule has 3 rings (SSSR count). The van der Waals surface area contributed by atoms with Crippen LogP contribution in [0.25, 0.3) is 0 Å². The zero-order valence-electron chi connectivity index (χ0n) is 22.2. The third-order valence-electron chi connectivity index (χ3n) is 5.47. The van der Waals surface area contributed by atoms with E-state index in [4.69, 9.17) is 9.47 Å². The van der Waals surface area contributed by atoms with Gasteiger partial charge in [-0.3, -0.25) is 9.59 Å². The van der Waals surface area contributed by atoms with Crippen LogP contribution in [0.2, 0.25) is 0 Å². The Morgan fingerprint density at radius 2 is 1.72 bits per heavy atom. The molecule has 208 valence electrons. The summed E-state index contributed by atoms with van der Waals surface area (Å²) in [6, 6.07) is 9.04. The first kappa shape index (κ1) is 29.4. The van der Waals surface area contributed by atoms with Crippen molar-refractivity contribution in [1.82, 2.24) is 20.9 Å². The van der Waals surface area contributed by atoms with Crippen LogP contribution in [0.15, 0.2) is 60.3 Å². The van der Waals surface area contributed by atoms with E-state index in [-0.39, 0.29) is 29.7 Å². The summed E-state index contributed by atoms with van der Waals surface area (Å²) in [5.41, 5.74) is -0.214. The van der Waals surface area contributed by atoms with Crippen LogP contribution in [0.3, 0.4) is 0 Å². The number of carbonyl (C=O) groups is 4. The zero-order valence-corrected chi connectivity index (χ0v) is 23.1. The molecule has 0 aliphatic carbocycles. The maximum absolute atomic E-state index is 12.6. The number of piperidine rings is 1. The van der Waals surface area contributed by atoms with Gasteiger partial charge in [0.2, 0.25) is 0 Å². The van der Waals surface area contributed by atoms with E-state index in [1.165, 1.54) is 11.3 Å². The summed E-state index contributed by atoms with van der Waals surface area (Å²) in [6.07, 6.45) is 0.968. The van der Waals surface area contributed by atoms with Crippen molar-refractivity contribution >= 4 is 40.3 Å². The first-order chi connectivity index (χ1) is 18.4. The lowest BCUT2D eigenvalue weighted by Crippen LogP contribution is -2.46. The molecule has 1 aromatic heterocycles. The molecular formula is C27H33N5O6S. The highest BCUT2D eigenvalue weighted by Gasteiger charge is 2.26. The van der Waals surface area contributed by atoms with Crippen LogP contribution in [-0.2, 0) is 25.7 Å². The fraction of sp³-hybridized carbons (Fsp3) is 0.370. The number of hydrogen-bond acceptors (Lipinski definition) is 9. The maximum atomic E-state index is 12.6. The average molecular weight is 556 g/mol. The molecule has 2 aromatic rings. The van der Waals surface area contributed by atoms with E-state index in [2.05, 4.69) is 34.1 Å². The van der Waals surface area contributed by atoms with Crippen molar-refractivity contribution in [3.05, 3.63) is 71.5 Å². The number of rotatable bonds is 9. The Bertz CT molecular complexity index is 1230. The van der Waals surface area contributed by atoms with Crippen molar-refractivity contribution in [1.29, 1.82) is 0 Å². The molecule has 2 heterocycles. The number of amides is 3. The van der Waals surface area contributed by atoms with E-state index >= 15 is 0 Å². The van der Waals surface area contributed by atoms with Crippen LogP contribution in [0, 0.1) is 0 Å². The number of carbonyl (C=O) groups excluding carboxylic acids is 4. The van der Waals surface area contributed by atoms with Crippen LogP contribution in [0.5, 0.6) is 0 Å². The topological polar surface area (TPSA) is 139 Å². The minimum Gasteiger partial charge on any atom is -0.456 e. The maximum Gasteiger partial charge on any atom is 0.407 e. The third-order valence-corrected chi connectivity index (χ3v) is 6.37. The second-order valence-corrected chi connectivity index (χ2v) is 10.7. The van der Waals surface area contributed by atoms with E-state index in [1.54, 1.807) is 17.5 Å². The summed E-state index contributed by atoms with van der Waals surface area (Å²) in [7, 11) is 0. The molecule has 1 aromatic carbocycles. The second-order valence-electron chi connectivity index (χ2n) is 9.85. The Morgan fingerprint density at radius 1 is 1.05 bits per heavy atom. The van der Waals surface area contributed by atoms with Crippen molar-refractivity contribution in [2.75, 3.05) is 18.0 Å². The largest absolute Gasteiger partial charge is 0.456 e. The van der Waals surface area contributed by atoms with Gasteiger partial charge in [0.05, 0.1) is 5.70 Å². The Labute approximate surface area is 231 Å². The highest BCUT2D eigenvalue weighted by atomic mass is 32.1. The number of anilines is 1. The number of benzene rings is 1. The lowest BCUT2D eigenvalue weighted by Gasteiger charge is -2.32. The van der Waals surface area contributed by atoms with E-state index in [0.29, 0.717) is 31.1 Å². The van der Waals surface area contributed by atoms with Gasteiger partial charge in [0, 0.05) is 24.5 Å². The number of nitrogens with one attached hydrogen (secondary N) is 3. The number of hydrogen-bond donors (Lipinski definition) is 3. The minimum absolute atomic E-state index is 0.00830. The van der Waals surface area contributed by atoms with Gasteiger partial charge in [0.1, 0.15) is 23.6 Å². The molecule has 39 heavy (non-hydrogen) atoms. The molecule has 0 bridgehead atoms. The predicted molar refractivity (Wildman–Crippen MR) is 147 cm³/mol. The van der Waals surface area contributed by atoms with Gasteiger partial charge in [-0.1, -0.05) is 43.5 Å². The number of esters is 1. The minimum atomic E-state index is -0.806. The monoisotopic (exact) mass is 555 g/mol. The van der Waals surface area contributed by atoms with Gasteiger partial charge in [-0.15, -0.1) is 11.3 Å². The molecule has 1 saturated heterocycles. The van der Waals surface area contributed by atoms with Gasteiger partial charge in [0.25, 0.3) is 11.8 Å². The van der Waals surface area contributed by atoms with Crippen LogP contribution < -0.4 is 20.9 Å². The zero-order chi connectivity index (χ0) is 28.6. The number of alkyl carbamates (subject to hydrolysis) is 1. The van der Waals surface area contributed by atoms with Gasteiger partial charge in [-0.05, 0) is 39.2 Å². The number of aromatic nitrogens is 1. The molecule has 3 N–H and O–H groups in total. The average Bonchev–Trinajstić information content (AvgIpc) is 3.37. The van der Waals surface area contributed by atoms with Crippen molar-refractivity contribution in [3.8, 4) is 0 Å². The van der Waals surface area contributed by atoms with Crippen LogP contribution >= 0.6 is 11.3 Å². The normalized spacial score (nSPS) is 13.7. The molecule has 0 spiro atoms. The van der Waals surface area contributed by atoms with Crippen molar-refractivity contribution in [2.45, 2.75) is 51.9 Å². The SMILES string of the molecule is C=C(NC(=O)c1csc(N2CCC(NC(=O)OC(C)(C)C)CC2)n1)C(=O)NC(=C)C(=O)OCc1ccccc1. The summed E-state index contributed by atoms with van der Waals surface area (Å²) in [6.45, 7) is 13.8. The van der Waals surface area contributed by atoms with E-state index in [1.807, 2.05) is 43.9 Å². The van der Waals surface area contributed by atoms with Crippen LogP contribution in [-0.4, -0.2) is 53.6 Å². The molecule has 0 radical (unpaired) electrons. The fourth-order valence-electron chi connectivity index (χ4n) is 3.53. The quantitative estimate of drug-likeness (QED) is 0.317. The highest BCUT2D eigenvalue weighted by Crippen LogP contribution is 2.24. The summed E-state index contributed by atoms with van der Waals surface area (Å²) >= 11 is 1.30. The third kappa shape index (κ3) is 9.25. The number of thiazole rings is 1. The lowest BCUT2D eigenvalue weighted by atomic mass is 10.1. The Morgan fingerprint density at radius 3 is 2.36 bits per heavy atom. The predicted octanol–water partition coefficient (Wildman–Crippen LogP) is 3.25. The summed E-state index contributed by atoms with van der Waals surface area (Å²) < 4.78 is 10.4. The highest BCUT2D eigenvalue weighted by molar-refractivity contribution is 7.13.